The Balaban J connectivity index is 1.34. The van der Waals surface area contributed by atoms with Crippen LogP contribution in [0.4, 0.5) is 5.69 Å². The van der Waals surface area contributed by atoms with E-state index in [1.807, 2.05) is 37.3 Å². The zero-order valence-electron chi connectivity index (χ0n) is 23.0. The number of halogens is 2. The monoisotopic (exact) mass is 638 g/mol. The van der Waals surface area contributed by atoms with E-state index in [-0.39, 0.29) is 39.2 Å². The normalized spacial score (nSPS) is 12.0. The third kappa shape index (κ3) is 8.57. The van der Waals surface area contributed by atoms with Gasteiger partial charge in [0.05, 0.1) is 32.9 Å². The molecule has 9 nitrogen and oxygen atoms in total. The molecule has 2 N–H and O–H groups in total. The summed E-state index contributed by atoms with van der Waals surface area (Å²) < 4.78 is 33.3. The van der Waals surface area contributed by atoms with Gasteiger partial charge in [-0.3, -0.25) is 13.9 Å². The Kier molecular flexibility index (Phi) is 10.8. The van der Waals surface area contributed by atoms with Gasteiger partial charge in [-0.15, -0.1) is 0 Å². The lowest BCUT2D eigenvalue weighted by Crippen LogP contribution is -2.39. The smallest absolute Gasteiger partial charge is 0.264 e. The molecule has 0 aliphatic rings. The van der Waals surface area contributed by atoms with Crippen molar-refractivity contribution in [2.75, 3.05) is 17.5 Å². The summed E-state index contributed by atoms with van der Waals surface area (Å²) in [5.74, 6) is -0.488. The van der Waals surface area contributed by atoms with Gasteiger partial charge in [0.15, 0.2) is 6.61 Å². The molecule has 0 bridgehead atoms. The molecule has 43 heavy (non-hydrogen) atoms. The van der Waals surface area contributed by atoms with Crippen molar-refractivity contribution in [2.45, 2.75) is 17.9 Å². The van der Waals surface area contributed by atoms with Crippen LogP contribution in [0.2, 0.25) is 10.0 Å². The number of benzene rings is 4. The number of amides is 2. The summed E-state index contributed by atoms with van der Waals surface area (Å²) in [6.07, 6.45) is 1.39. The molecule has 0 aromatic heterocycles. The van der Waals surface area contributed by atoms with E-state index in [0.717, 1.165) is 9.87 Å². The summed E-state index contributed by atoms with van der Waals surface area (Å²) >= 11 is 12.4. The third-order valence-electron chi connectivity index (χ3n) is 6.15. The average Bonchev–Trinajstić information content (AvgIpc) is 3.02. The first-order chi connectivity index (χ1) is 20.6. The summed E-state index contributed by atoms with van der Waals surface area (Å²) in [6.45, 7) is 1.14. The number of hydrogen-bond donors (Lipinski definition) is 2. The standard InChI is InChI=1S/C31H28Cl2N4O5S/c1-22(24-9-4-2-5-10-24)35-30(39)21-42-25-17-15-23(16-18-25)19-34-36-29(38)20-37(28-14-8-13-27(32)31(28)33)43(40,41)26-11-6-3-7-12-26/h2-19,22H,20-21H2,1H3,(H,35,39)(H,36,38)/b34-19-/t22-/m0/s1. The molecule has 1 atom stereocenters. The van der Waals surface area contributed by atoms with E-state index in [9.17, 15) is 18.0 Å². The molecule has 0 spiro atoms. The average molecular weight is 640 g/mol. The minimum absolute atomic E-state index is 0.00882. The third-order valence-corrected chi connectivity index (χ3v) is 8.73. The van der Waals surface area contributed by atoms with Gasteiger partial charge >= 0.3 is 0 Å². The number of carbonyl (C=O) groups excluding carboxylic acids is 2. The van der Waals surface area contributed by atoms with Gasteiger partial charge in [-0.05, 0) is 66.6 Å². The van der Waals surface area contributed by atoms with Crippen molar-refractivity contribution in [2.24, 2.45) is 5.10 Å². The van der Waals surface area contributed by atoms with E-state index in [1.54, 1.807) is 42.5 Å². The van der Waals surface area contributed by atoms with E-state index in [0.29, 0.717) is 11.3 Å². The van der Waals surface area contributed by atoms with Crippen LogP contribution in [0.5, 0.6) is 5.75 Å². The molecule has 4 aromatic rings. The van der Waals surface area contributed by atoms with Crippen LogP contribution in [-0.2, 0) is 19.6 Å². The predicted octanol–water partition coefficient (Wildman–Crippen LogP) is 5.60. The molecule has 0 radical (unpaired) electrons. The SMILES string of the molecule is C[C@H](NC(=O)COc1ccc(/C=N\NC(=O)CN(c2cccc(Cl)c2Cl)S(=O)(=O)c2ccccc2)cc1)c1ccccc1. The van der Waals surface area contributed by atoms with E-state index in [4.69, 9.17) is 27.9 Å². The molecule has 0 unspecified atom stereocenters. The van der Waals surface area contributed by atoms with E-state index in [1.165, 1.54) is 36.5 Å². The maximum atomic E-state index is 13.4. The van der Waals surface area contributed by atoms with E-state index >= 15 is 0 Å². The molecule has 222 valence electrons. The minimum Gasteiger partial charge on any atom is -0.484 e. The predicted molar refractivity (Wildman–Crippen MR) is 168 cm³/mol. The molecule has 4 rings (SSSR count). The number of hydrazone groups is 1. The zero-order chi connectivity index (χ0) is 30.8. The highest BCUT2D eigenvalue weighted by Crippen LogP contribution is 2.35. The van der Waals surface area contributed by atoms with Crippen molar-refractivity contribution in [3.05, 3.63) is 124 Å². The highest BCUT2D eigenvalue weighted by atomic mass is 35.5. The van der Waals surface area contributed by atoms with Crippen molar-refractivity contribution in [1.82, 2.24) is 10.7 Å². The first kappa shape index (κ1) is 31.6. The first-order valence-corrected chi connectivity index (χ1v) is 15.3. The highest BCUT2D eigenvalue weighted by molar-refractivity contribution is 7.92. The Labute approximate surface area is 260 Å². The van der Waals surface area contributed by atoms with Crippen LogP contribution in [0.15, 0.2) is 113 Å². The van der Waals surface area contributed by atoms with Crippen LogP contribution in [0, 0.1) is 0 Å². The summed E-state index contributed by atoms with van der Waals surface area (Å²) in [5.41, 5.74) is 4.01. The first-order valence-electron chi connectivity index (χ1n) is 13.1. The molecule has 0 heterocycles. The summed E-state index contributed by atoms with van der Waals surface area (Å²) in [4.78, 5) is 25.0. The van der Waals surface area contributed by atoms with Crippen LogP contribution in [-0.4, -0.2) is 39.6 Å². The van der Waals surface area contributed by atoms with Crippen LogP contribution >= 0.6 is 23.2 Å². The Morgan fingerprint density at radius 2 is 1.53 bits per heavy atom. The van der Waals surface area contributed by atoms with Crippen molar-refractivity contribution in [3.8, 4) is 5.75 Å². The van der Waals surface area contributed by atoms with E-state index in [2.05, 4.69) is 15.8 Å². The summed E-state index contributed by atoms with van der Waals surface area (Å²) in [7, 11) is -4.17. The lowest BCUT2D eigenvalue weighted by molar-refractivity contribution is -0.123. The minimum atomic E-state index is -4.17. The number of carbonyl (C=O) groups is 2. The molecule has 2 amide bonds. The molecule has 12 heteroatoms. The number of sulfonamides is 1. The quantitative estimate of drug-likeness (QED) is 0.155. The van der Waals surface area contributed by atoms with Gasteiger partial charge in [-0.2, -0.15) is 5.10 Å². The maximum Gasteiger partial charge on any atom is 0.264 e. The molecule has 0 saturated heterocycles. The van der Waals surface area contributed by atoms with Crippen molar-refractivity contribution in [1.29, 1.82) is 0 Å². The molecular weight excluding hydrogens is 611 g/mol. The molecule has 0 aliphatic heterocycles. The van der Waals surface area contributed by atoms with Crippen molar-refractivity contribution < 1.29 is 22.7 Å². The fourth-order valence-corrected chi connectivity index (χ4v) is 5.86. The van der Waals surface area contributed by atoms with Crippen LogP contribution in [0.25, 0.3) is 0 Å². The number of nitrogens with zero attached hydrogens (tertiary/aromatic N) is 2. The van der Waals surface area contributed by atoms with Gasteiger partial charge < -0.3 is 10.1 Å². The number of rotatable bonds is 12. The van der Waals surface area contributed by atoms with Gasteiger partial charge in [0.2, 0.25) is 0 Å². The summed E-state index contributed by atoms with van der Waals surface area (Å²) in [6, 6.07) is 28.3. The molecule has 0 aliphatic carbocycles. The van der Waals surface area contributed by atoms with Crippen molar-refractivity contribution in [3.63, 3.8) is 0 Å². The molecule has 4 aromatic carbocycles. The fourth-order valence-electron chi connectivity index (χ4n) is 3.96. The Morgan fingerprint density at radius 1 is 0.884 bits per heavy atom. The van der Waals surface area contributed by atoms with Gasteiger partial charge in [-0.25, -0.2) is 13.8 Å². The van der Waals surface area contributed by atoms with Crippen LogP contribution in [0.1, 0.15) is 24.1 Å². The number of nitrogens with one attached hydrogen (secondary N) is 2. The van der Waals surface area contributed by atoms with Gasteiger partial charge in [0, 0.05) is 0 Å². The van der Waals surface area contributed by atoms with Crippen LogP contribution in [0.3, 0.4) is 0 Å². The molecule has 0 fully saturated rings. The van der Waals surface area contributed by atoms with Gasteiger partial charge in [0.25, 0.3) is 21.8 Å². The van der Waals surface area contributed by atoms with Crippen LogP contribution < -0.4 is 19.8 Å². The Hall–Kier alpha value is -4.38. The second-order valence-electron chi connectivity index (χ2n) is 9.25. The zero-order valence-corrected chi connectivity index (χ0v) is 25.3. The van der Waals surface area contributed by atoms with E-state index < -0.39 is 22.5 Å². The highest BCUT2D eigenvalue weighted by Gasteiger charge is 2.29. The lowest BCUT2D eigenvalue weighted by atomic mass is 10.1. The largest absolute Gasteiger partial charge is 0.484 e. The second kappa shape index (κ2) is 14.7. The molecule has 0 saturated carbocycles. The lowest BCUT2D eigenvalue weighted by Gasteiger charge is -2.24. The number of anilines is 1. The Bertz CT molecular complexity index is 1690. The van der Waals surface area contributed by atoms with Gasteiger partial charge in [-0.1, -0.05) is 77.8 Å². The Morgan fingerprint density at radius 3 is 2.21 bits per heavy atom. The summed E-state index contributed by atoms with van der Waals surface area (Å²) in [5, 5.41) is 6.95. The number of hydrogen-bond acceptors (Lipinski definition) is 6. The maximum absolute atomic E-state index is 13.4. The fraction of sp³-hybridized carbons (Fsp3) is 0.129. The number of ether oxygens (including phenoxy) is 1. The molecular formula is C31H28Cl2N4O5S. The van der Waals surface area contributed by atoms with Gasteiger partial charge in [0.1, 0.15) is 12.3 Å². The van der Waals surface area contributed by atoms with Crippen molar-refractivity contribution >= 4 is 56.9 Å². The topological polar surface area (TPSA) is 117 Å². The second-order valence-corrected chi connectivity index (χ2v) is 11.9.